The SMILES string of the molecule is COc1ccc(-c2cc(C(=O)N3CCN(CCO)CC3)no2)c(F)c1. The number of hydrogen-bond acceptors (Lipinski definition) is 6. The quantitative estimate of drug-likeness (QED) is 0.875. The Balaban J connectivity index is 1.70. The minimum atomic E-state index is -0.507. The van der Waals surface area contributed by atoms with Gasteiger partial charge in [0.1, 0.15) is 11.6 Å². The number of ether oxygens (including phenoxy) is 1. The molecule has 1 amide bonds. The molecule has 3 rings (SSSR count). The summed E-state index contributed by atoms with van der Waals surface area (Å²) in [7, 11) is 1.46. The van der Waals surface area contributed by atoms with Crippen LogP contribution in [0.25, 0.3) is 11.3 Å². The molecule has 7 nitrogen and oxygen atoms in total. The van der Waals surface area contributed by atoms with E-state index in [2.05, 4.69) is 10.1 Å². The maximum absolute atomic E-state index is 14.1. The normalized spacial score (nSPS) is 15.4. The third-order valence-corrected chi connectivity index (χ3v) is 4.25. The number of methoxy groups -OCH3 is 1. The highest BCUT2D eigenvalue weighted by atomic mass is 19.1. The Kier molecular flexibility index (Phi) is 5.30. The molecule has 0 unspecified atom stereocenters. The van der Waals surface area contributed by atoms with Crippen LogP contribution in [0.3, 0.4) is 0 Å². The van der Waals surface area contributed by atoms with E-state index in [9.17, 15) is 9.18 Å². The van der Waals surface area contributed by atoms with E-state index in [4.69, 9.17) is 14.4 Å². The minimum Gasteiger partial charge on any atom is -0.497 e. The number of carbonyl (C=O) groups excluding carboxylic acids is 1. The molecule has 1 aliphatic heterocycles. The number of benzene rings is 1. The second-order valence-corrected chi connectivity index (χ2v) is 5.78. The Morgan fingerprint density at radius 3 is 2.72 bits per heavy atom. The van der Waals surface area contributed by atoms with Gasteiger partial charge in [-0.05, 0) is 12.1 Å². The molecule has 134 valence electrons. The Labute approximate surface area is 144 Å². The van der Waals surface area contributed by atoms with Crippen LogP contribution < -0.4 is 4.74 Å². The molecule has 1 N–H and O–H groups in total. The number of aliphatic hydroxyl groups excluding tert-OH is 1. The van der Waals surface area contributed by atoms with Crippen LogP contribution in [0.2, 0.25) is 0 Å². The number of carbonyl (C=O) groups is 1. The molecule has 0 saturated carbocycles. The predicted molar refractivity (Wildman–Crippen MR) is 87.9 cm³/mol. The second-order valence-electron chi connectivity index (χ2n) is 5.78. The lowest BCUT2D eigenvalue weighted by Gasteiger charge is -2.33. The fourth-order valence-corrected chi connectivity index (χ4v) is 2.80. The number of hydrogen-bond donors (Lipinski definition) is 1. The molecular formula is C17H20FN3O4. The van der Waals surface area contributed by atoms with Crippen LogP contribution in [0, 0.1) is 5.82 Å². The van der Waals surface area contributed by atoms with E-state index in [0.717, 1.165) is 0 Å². The first-order valence-electron chi connectivity index (χ1n) is 8.05. The van der Waals surface area contributed by atoms with Crippen molar-refractivity contribution in [2.75, 3.05) is 46.4 Å². The van der Waals surface area contributed by atoms with Crippen LogP contribution in [0.1, 0.15) is 10.5 Å². The zero-order valence-corrected chi connectivity index (χ0v) is 13.9. The van der Waals surface area contributed by atoms with Gasteiger partial charge in [0.15, 0.2) is 11.5 Å². The van der Waals surface area contributed by atoms with Crippen molar-refractivity contribution in [2.45, 2.75) is 0 Å². The molecule has 1 aromatic carbocycles. The summed E-state index contributed by atoms with van der Waals surface area (Å²) in [4.78, 5) is 16.3. The molecule has 1 aliphatic rings. The van der Waals surface area contributed by atoms with Crippen molar-refractivity contribution in [3.05, 3.63) is 35.8 Å². The first-order valence-corrected chi connectivity index (χ1v) is 8.05. The smallest absolute Gasteiger partial charge is 0.276 e. The lowest BCUT2D eigenvalue weighted by Crippen LogP contribution is -2.49. The Morgan fingerprint density at radius 2 is 2.08 bits per heavy atom. The summed E-state index contributed by atoms with van der Waals surface area (Å²) in [5.74, 6) is -0.153. The van der Waals surface area contributed by atoms with Gasteiger partial charge in [-0.25, -0.2) is 4.39 Å². The highest BCUT2D eigenvalue weighted by Crippen LogP contribution is 2.27. The summed E-state index contributed by atoms with van der Waals surface area (Å²) in [5.41, 5.74) is 0.376. The zero-order chi connectivity index (χ0) is 17.8. The maximum Gasteiger partial charge on any atom is 0.276 e. The number of β-amino-alcohol motifs (C(OH)–C–C–N with tert-alkyl or cyclic N) is 1. The molecule has 0 radical (unpaired) electrons. The summed E-state index contributed by atoms with van der Waals surface area (Å²) in [6.45, 7) is 3.21. The van der Waals surface area contributed by atoms with Crippen molar-refractivity contribution in [2.24, 2.45) is 0 Å². The van der Waals surface area contributed by atoms with Gasteiger partial charge in [0.25, 0.3) is 5.91 Å². The standard InChI is InChI=1S/C17H20FN3O4/c1-24-12-2-3-13(14(18)10-12)16-11-15(19-25-16)17(23)21-6-4-20(5-7-21)8-9-22/h2-3,10-11,22H,4-9H2,1H3. The van der Waals surface area contributed by atoms with E-state index in [1.165, 1.54) is 25.3 Å². The van der Waals surface area contributed by atoms with E-state index in [0.29, 0.717) is 38.5 Å². The monoisotopic (exact) mass is 349 g/mol. The predicted octanol–water partition coefficient (Wildman–Crippen LogP) is 1.24. The van der Waals surface area contributed by atoms with Gasteiger partial charge in [-0.1, -0.05) is 5.16 Å². The highest BCUT2D eigenvalue weighted by Gasteiger charge is 2.25. The Hall–Kier alpha value is -2.45. The molecule has 8 heteroatoms. The van der Waals surface area contributed by atoms with Gasteiger partial charge in [-0.3, -0.25) is 9.69 Å². The van der Waals surface area contributed by atoms with Crippen molar-refractivity contribution in [3.63, 3.8) is 0 Å². The molecule has 1 aromatic heterocycles. The van der Waals surface area contributed by atoms with Crippen LogP contribution in [0.5, 0.6) is 5.75 Å². The fraction of sp³-hybridized carbons (Fsp3) is 0.412. The van der Waals surface area contributed by atoms with Crippen molar-refractivity contribution in [3.8, 4) is 17.1 Å². The second kappa shape index (κ2) is 7.62. The number of aromatic nitrogens is 1. The third kappa shape index (κ3) is 3.80. The van der Waals surface area contributed by atoms with Crippen molar-refractivity contribution >= 4 is 5.91 Å². The number of aliphatic hydroxyl groups is 1. The topological polar surface area (TPSA) is 79.0 Å². The van der Waals surface area contributed by atoms with Gasteiger partial charge < -0.3 is 19.3 Å². The lowest BCUT2D eigenvalue weighted by molar-refractivity contribution is 0.0605. The summed E-state index contributed by atoms with van der Waals surface area (Å²) in [6.07, 6.45) is 0. The molecule has 2 heterocycles. The van der Waals surface area contributed by atoms with Crippen molar-refractivity contribution in [1.82, 2.24) is 15.0 Å². The van der Waals surface area contributed by atoms with Gasteiger partial charge in [0.2, 0.25) is 0 Å². The number of halogens is 1. The lowest BCUT2D eigenvalue weighted by atomic mass is 10.1. The van der Waals surface area contributed by atoms with Crippen LogP contribution >= 0.6 is 0 Å². The molecule has 1 fully saturated rings. The average Bonchev–Trinajstić information content (AvgIpc) is 3.11. The largest absolute Gasteiger partial charge is 0.497 e. The number of amides is 1. The molecule has 1 saturated heterocycles. The van der Waals surface area contributed by atoms with Gasteiger partial charge >= 0.3 is 0 Å². The van der Waals surface area contributed by atoms with Crippen molar-refractivity contribution < 1.29 is 23.6 Å². The molecule has 0 spiro atoms. The zero-order valence-electron chi connectivity index (χ0n) is 13.9. The number of nitrogens with zero attached hydrogens (tertiary/aromatic N) is 3. The summed E-state index contributed by atoms with van der Waals surface area (Å²) < 4.78 is 24.2. The first kappa shape index (κ1) is 17.4. The van der Waals surface area contributed by atoms with Gasteiger partial charge in [-0.15, -0.1) is 0 Å². The summed E-state index contributed by atoms with van der Waals surface area (Å²) in [5, 5.41) is 12.7. The van der Waals surface area contributed by atoms with E-state index >= 15 is 0 Å². The molecule has 2 aromatic rings. The maximum atomic E-state index is 14.1. The minimum absolute atomic E-state index is 0.105. The van der Waals surface area contributed by atoms with Gasteiger partial charge in [0.05, 0.1) is 19.3 Å². The summed E-state index contributed by atoms with van der Waals surface area (Å²) in [6, 6.07) is 5.84. The van der Waals surface area contributed by atoms with Crippen LogP contribution in [0.4, 0.5) is 4.39 Å². The molecule has 0 aliphatic carbocycles. The van der Waals surface area contributed by atoms with E-state index < -0.39 is 5.82 Å². The van der Waals surface area contributed by atoms with Crippen molar-refractivity contribution in [1.29, 1.82) is 0 Å². The third-order valence-electron chi connectivity index (χ3n) is 4.25. The van der Waals surface area contributed by atoms with Gasteiger partial charge in [0, 0.05) is 44.9 Å². The Bertz CT molecular complexity index is 741. The van der Waals surface area contributed by atoms with E-state index in [-0.39, 0.29) is 29.5 Å². The average molecular weight is 349 g/mol. The van der Waals surface area contributed by atoms with E-state index in [1.807, 2.05) is 0 Å². The first-order chi connectivity index (χ1) is 12.1. The number of piperazine rings is 1. The molecule has 0 atom stereocenters. The fourth-order valence-electron chi connectivity index (χ4n) is 2.80. The number of rotatable bonds is 5. The highest BCUT2D eigenvalue weighted by molar-refractivity contribution is 5.93. The Morgan fingerprint density at radius 1 is 1.32 bits per heavy atom. The van der Waals surface area contributed by atoms with Crippen LogP contribution in [0.15, 0.2) is 28.8 Å². The molecule has 0 bridgehead atoms. The van der Waals surface area contributed by atoms with Gasteiger partial charge in [-0.2, -0.15) is 0 Å². The summed E-state index contributed by atoms with van der Waals surface area (Å²) >= 11 is 0. The molecule has 25 heavy (non-hydrogen) atoms. The molecular weight excluding hydrogens is 329 g/mol. The van der Waals surface area contributed by atoms with Crippen LogP contribution in [-0.4, -0.2) is 72.4 Å². The van der Waals surface area contributed by atoms with E-state index in [1.54, 1.807) is 11.0 Å². The van der Waals surface area contributed by atoms with Crippen LogP contribution in [-0.2, 0) is 0 Å².